The van der Waals surface area contributed by atoms with Crippen molar-refractivity contribution >= 4 is 22.8 Å². The first-order valence-corrected chi connectivity index (χ1v) is 9.78. The van der Waals surface area contributed by atoms with Gasteiger partial charge in [0.1, 0.15) is 23.2 Å². The van der Waals surface area contributed by atoms with Crippen molar-refractivity contribution in [3.05, 3.63) is 48.0 Å². The molecule has 1 aliphatic carbocycles. The molecule has 0 radical (unpaired) electrons. The van der Waals surface area contributed by atoms with E-state index >= 15 is 0 Å². The van der Waals surface area contributed by atoms with E-state index in [0.29, 0.717) is 29.0 Å². The number of likely N-dealkylation sites (tertiary alicyclic amines) is 1. The number of carbonyl (C=O) groups is 2. The normalized spacial score (nSPS) is 23.0. The van der Waals surface area contributed by atoms with Gasteiger partial charge in [0.05, 0.1) is 19.2 Å². The van der Waals surface area contributed by atoms with Crippen molar-refractivity contribution in [1.29, 1.82) is 0 Å². The van der Waals surface area contributed by atoms with E-state index in [2.05, 4.69) is 10.5 Å². The minimum absolute atomic E-state index is 0.0585. The van der Waals surface area contributed by atoms with Crippen molar-refractivity contribution < 1.29 is 23.6 Å². The van der Waals surface area contributed by atoms with Crippen LogP contribution in [0.2, 0.25) is 0 Å². The van der Waals surface area contributed by atoms with Crippen LogP contribution in [0.5, 0.6) is 5.75 Å². The molecule has 2 aliphatic rings. The number of fused-ring (bicyclic) bond motifs is 3. The zero-order valence-electron chi connectivity index (χ0n) is 15.7. The van der Waals surface area contributed by atoms with Gasteiger partial charge in [-0.3, -0.25) is 9.59 Å². The number of aromatic nitrogens is 1. The van der Waals surface area contributed by atoms with Crippen molar-refractivity contribution in [2.45, 2.75) is 44.3 Å². The molecule has 29 heavy (non-hydrogen) atoms. The molecule has 1 aliphatic heterocycles. The molecule has 1 aromatic carbocycles. The predicted octanol–water partition coefficient (Wildman–Crippen LogP) is 2.36. The fraction of sp³-hybridized carbons (Fsp3) is 0.381. The minimum Gasteiger partial charge on any atom is -0.508 e. The Morgan fingerprint density at radius 3 is 3.00 bits per heavy atom. The van der Waals surface area contributed by atoms with E-state index in [1.54, 1.807) is 29.4 Å². The Labute approximate surface area is 166 Å². The van der Waals surface area contributed by atoms with Crippen LogP contribution in [0, 0.1) is 5.92 Å². The SMILES string of the molecule is O=C(NCc1ccco1)[C@@H]1[C@H]2CC[C@H](C2)N1C(=O)Cc1noc2cc(O)ccc12. The number of hydrogen-bond donors (Lipinski definition) is 2. The maximum absolute atomic E-state index is 13.2. The van der Waals surface area contributed by atoms with Gasteiger partial charge >= 0.3 is 0 Å². The molecule has 2 bridgehead atoms. The van der Waals surface area contributed by atoms with Gasteiger partial charge in [-0.25, -0.2) is 0 Å². The van der Waals surface area contributed by atoms with Crippen LogP contribution in [0.15, 0.2) is 45.5 Å². The van der Waals surface area contributed by atoms with Gasteiger partial charge in [-0.15, -0.1) is 0 Å². The Hall–Kier alpha value is -3.29. The molecule has 2 fully saturated rings. The number of amides is 2. The molecule has 0 unspecified atom stereocenters. The molecule has 8 nitrogen and oxygen atoms in total. The van der Waals surface area contributed by atoms with Gasteiger partial charge in [0.2, 0.25) is 11.8 Å². The van der Waals surface area contributed by atoms with Crippen LogP contribution < -0.4 is 5.32 Å². The van der Waals surface area contributed by atoms with E-state index in [1.165, 1.54) is 12.1 Å². The van der Waals surface area contributed by atoms with Crippen LogP contribution in [0.3, 0.4) is 0 Å². The van der Waals surface area contributed by atoms with Gasteiger partial charge in [-0.1, -0.05) is 5.16 Å². The highest BCUT2D eigenvalue weighted by Crippen LogP contribution is 2.43. The number of nitrogens with zero attached hydrogens (tertiary/aromatic N) is 2. The summed E-state index contributed by atoms with van der Waals surface area (Å²) in [5.41, 5.74) is 0.950. The third kappa shape index (κ3) is 3.14. The molecule has 5 rings (SSSR count). The highest BCUT2D eigenvalue weighted by atomic mass is 16.5. The van der Waals surface area contributed by atoms with E-state index in [-0.39, 0.29) is 35.9 Å². The average Bonchev–Trinajstić information content (AvgIpc) is 3.49. The van der Waals surface area contributed by atoms with Gasteiger partial charge in [0, 0.05) is 17.5 Å². The summed E-state index contributed by atoms with van der Waals surface area (Å²) in [7, 11) is 0. The molecule has 150 valence electrons. The Kier molecular flexibility index (Phi) is 4.26. The third-order valence-electron chi connectivity index (χ3n) is 6.01. The second-order valence-corrected chi connectivity index (χ2v) is 7.76. The summed E-state index contributed by atoms with van der Waals surface area (Å²) in [5, 5.41) is 17.2. The number of nitrogens with one attached hydrogen (secondary N) is 1. The van der Waals surface area contributed by atoms with E-state index in [9.17, 15) is 14.7 Å². The molecule has 1 saturated carbocycles. The number of aromatic hydroxyl groups is 1. The largest absolute Gasteiger partial charge is 0.508 e. The van der Waals surface area contributed by atoms with E-state index in [0.717, 1.165) is 19.3 Å². The molecule has 3 aromatic rings. The molecule has 2 amide bonds. The summed E-state index contributed by atoms with van der Waals surface area (Å²) >= 11 is 0. The zero-order valence-corrected chi connectivity index (χ0v) is 15.7. The zero-order chi connectivity index (χ0) is 20.0. The molecular formula is C21H21N3O5. The summed E-state index contributed by atoms with van der Waals surface area (Å²) in [5.74, 6) is 0.676. The Morgan fingerprint density at radius 2 is 2.17 bits per heavy atom. The van der Waals surface area contributed by atoms with Crippen molar-refractivity contribution in [2.24, 2.45) is 5.92 Å². The second kappa shape index (κ2) is 6.95. The lowest BCUT2D eigenvalue weighted by Gasteiger charge is -2.34. The quantitative estimate of drug-likeness (QED) is 0.687. The maximum Gasteiger partial charge on any atom is 0.243 e. The van der Waals surface area contributed by atoms with Crippen LogP contribution in [0.1, 0.15) is 30.7 Å². The predicted molar refractivity (Wildman–Crippen MR) is 102 cm³/mol. The van der Waals surface area contributed by atoms with Gasteiger partial charge in [0.15, 0.2) is 5.58 Å². The lowest BCUT2D eigenvalue weighted by molar-refractivity contribution is -0.142. The molecule has 1 saturated heterocycles. The lowest BCUT2D eigenvalue weighted by atomic mass is 9.97. The van der Waals surface area contributed by atoms with E-state index in [1.807, 2.05) is 0 Å². The summed E-state index contributed by atoms with van der Waals surface area (Å²) < 4.78 is 10.5. The molecular weight excluding hydrogens is 374 g/mol. The molecule has 2 N–H and O–H groups in total. The van der Waals surface area contributed by atoms with Crippen molar-refractivity contribution in [2.75, 3.05) is 0 Å². The van der Waals surface area contributed by atoms with Gasteiger partial charge in [0.25, 0.3) is 0 Å². The average molecular weight is 395 g/mol. The number of furan rings is 1. The molecule has 3 atom stereocenters. The molecule has 2 aromatic heterocycles. The number of piperidine rings is 1. The third-order valence-corrected chi connectivity index (χ3v) is 6.01. The standard InChI is InChI=1S/C21H21N3O5/c25-14-5-6-16-17(23-29-18(16)9-14)10-19(26)24-13-4-3-12(8-13)20(24)21(27)22-11-15-2-1-7-28-15/h1-2,5-7,9,12-13,20,25H,3-4,8,10-11H2,(H,22,27)/t12-,13+,20-/m0/s1. The van der Waals surface area contributed by atoms with Crippen LogP contribution in [0.25, 0.3) is 11.0 Å². The fourth-order valence-corrected chi connectivity index (χ4v) is 4.72. The monoisotopic (exact) mass is 395 g/mol. The van der Waals surface area contributed by atoms with Gasteiger partial charge in [-0.05, 0) is 49.4 Å². The van der Waals surface area contributed by atoms with Crippen molar-refractivity contribution in [3.63, 3.8) is 0 Å². The number of rotatable bonds is 5. The molecule has 3 heterocycles. The van der Waals surface area contributed by atoms with Crippen molar-refractivity contribution in [1.82, 2.24) is 15.4 Å². The highest BCUT2D eigenvalue weighted by molar-refractivity contribution is 5.92. The Bertz CT molecular complexity index is 1060. The first kappa shape index (κ1) is 17.8. The fourth-order valence-electron chi connectivity index (χ4n) is 4.72. The first-order chi connectivity index (χ1) is 14.1. The van der Waals surface area contributed by atoms with Crippen LogP contribution in [-0.4, -0.2) is 39.1 Å². The van der Waals surface area contributed by atoms with E-state index in [4.69, 9.17) is 8.94 Å². The topological polar surface area (TPSA) is 109 Å². The number of carbonyl (C=O) groups excluding carboxylic acids is 2. The summed E-state index contributed by atoms with van der Waals surface area (Å²) in [6.45, 7) is 0.305. The molecule has 8 heteroatoms. The Balaban J connectivity index is 1.33. The summed E-state index contributed by atoms with van der Waals surface area (Å²) in [6.07, 6.45) is 4.36. The van der Waals surface area contributed by atoms with Gasteiger partial charge in [-0.2, -0.15) is 0 Å². The first-order valence-electron chi connectivity index (χ1n) is 9.78. The van der Waals surface area contributed by atoms with E-state index < -0.39 is 6.04 Å². The smallest absolute Gasteiger partial charge is 0.243 e. The number of benzene rings is 1. The van der Waals surface area contributed by atoms with Crippen LogP contribution >= 0.6 is 0 Å². The number of phenolic OH excluding ortho intramolecular Hbond substituents is 1. The number of phenols is 1. The van der Waals surface area contributed by atoms with Gasteiger partial charge < -0.3 is 24.3 Å². The number of hydrogen-bond acceptors (Lipinski definition) is 6. The second-order valence-electron chi connectivity index (χ2n) is 7.76. The minimum atomic E-state index is -0.460. The Morgan fingerprint density at radius 1 is 1.28 bits per heavy atom. The maximum atomic E-state index is 13.2. The lowest BCUT2D eigenvalue weighted by Crippen LogP contribution is -2.53. The molecule has 0 spiro atoms. The summed E-state index contributed by atoms with van der Waals surface area (Å²) in [6, 6.07) is 7.91. The van der Waals surface area contributed by atoms with Crippen LogP contribution in [0.4, 0.5) is 0 Å². The van der Waals surface area contributed by atoms with Crippen molar-refractivity contribution in [3.8, 4) is 5.75 Å². The summed E-state index contributed by atoms with van der Waals surface area (Å²) in [4.78, 5) is 27.8. The highest BCUT2D eigenvalue weighted by Gasteiger charge is 2.51. The van der Waals surface area contributed by atoms with Crippen LogP contribution in [-0.2, 0) is 22.6 Å².